The van der Waals surface area contributed by atoms with Gasteiger partial charge in [0.25, 0.3) is 5.91 Å². The zero-order chi connectivity index (χ0) is 16.5. The van der Waals surface area contributed by atoms with Crippen molar-refractivity contribution in [1.82, 2.24) is 9.88 Å². The Kier molecular flexibility index (Phi) is 4.07. The van der Waals surface area contributed by atoms with Gasteiger partial charge in [0.2, 0.25) is 0 Å². The van der Waals surface area contributed by atoms with Gasteiger partial charge in [0.15, 0.2) is 0 Å². The number of likely N-dealkylation sites (tertiary alicyclic amines) is 1. The highest BCUT2D eigenvalue weighted by molar-refractivity contribution is 7.13. The highest BCUT2D eigenvalue weighted by atomic mass is 32.1. The van der Waals surface area contributed by atoms with Gasteiger partial charge >= 0.3 is 0 Å². The number of aromatic nitrogens is 1. The molecule has 1 aromatic carbocycles. The number of fused-ring (bicyclic) bond motifs is 1. The van der Waals surface area contributed by atoms with Crippen LogP contribution in [0.25, 0.3) is 21.5 Å². The van der Waals surface area contributed by atoms with E-state index in [9.17, 15) is 4.79 Å². The van der Waals surface area contributed by atoms with Gasteiger partial charge in [0.05, 0.1) is 21.7 Å². The van der Waals surface area contributed by atoms with Gasteiger partial charge in [-0.1, -0.05) is 31.2 Å². The fourth-order valence-electron chi connectivity index (χ4n) is 3.45. The number of carbonyl (C=O) groups is 1. The summed E-state index contributed by atoms with van der Waals surface area (Å²) in [6, 6.07) is 14.0. The third-order valence-electron chi connectivity index (χ3n) is 4.66. The van der Waals surface area contributed by atoms with Gasteiger partial charge in [-0.25, -0.2) is 4.98 Å². The predicted molar refractivity (Wildman–Crippen MR) is 99.4 cm³/mol. The second-order valence-corrected chi connectivity index (χ2v) is 7.50. The number of para-hydroxylation sites is 1. The molecule has 1 aliphatic heterocycles. The number of benzene rings is 1. The molecule has 0 N–H and O–H groups in total. The van der Waals surface area contributed by atoms with Gasteiger partial charge in [-0.2, -0.15) is 0 Å². The minimum absolute atomic E-state index is 0.137. The Morgan fingerprint density at radius 2 is 2.12 bits per heavy atom. The Hall–Kier alpha value is -2.20. The lowest BCUT2D eigenvalue weighted by molar-refractivity contribution is 0.0685. The van der Waals surface area contributed by atoms with Crippen LogP contribution in [0.2, 0.25) is 0 Å². The van der Waals surface area contributed by atoms with Crippen molar-refractivity contribution < 1.29 is 4.79 Å². The van der Waals surface area contributed by atoms with Crippen molar-refractivity contribution in [2.24, 2.45) is 5.92 Å². The molecule has 1 atom stereocenters. The number of hydrogen-bond donors (Lipinski definition) is 0. The van der Waals surface area contributed by atoms with Crippen molar-refractivity contribution in [3.05, 3.63) is 53.4 Å². The summed E-state index contributed by atoms with van der Waals surface area (Å²) in [7, 11) is 0. The van der Waals surface area contributed by atoms with Crippen LogP contribution >= 0.6 is 11.3 Å². The van der Waals surface area contributed by atoms with E-state index in [1.807, 2.05) is 46.7 Å². The van der Waals surface area contributed by atoms with Crippen LogP contribution in [-0.2, 0) is 0 Å². The van der Waals surface area contributed by atoms with Gasteiger partial charge in [-0.05, 0) is 42.3 Å². The molecule has 1 unspecified atom stereocenters. The number of nitrogens with zero attached hydrogens (tertiary/aromatic N) is 2. The molecule has 3 aromatic rings. The fraction of sp³-hybridized carbons (Fsp3) is 0.300. The molecule has 0 radical (unpaired) electrons. The van der Waals surface area contributed by atoms with Crippen molar-refractivity contribution in [3.8, 4) is 10.6 Å². The molecule has 1 amide bonds. The lowest BCUT2D eigenvalue weighted by Crippen LogP contribution is -2.39. The molecule has 1 aliphatic rings. The topological polar surface area (TPSA) is 33.2 Å². The van der Waals surface area contributed by atoms with Gasteiger partial charge < -0.3 is 4.90 Å². The number of hydrogen-bond acceptors (Lipinski definition) is 3. The molecular formula is C20H20N2OS. The first-order valence-corrected chi connectivity index (χ1v) is 9.33. The largest absolute Gasteiger partial charge is 0.338 e. The molecule has 122 valence electrons. The van der Waals surface area contributed by atoms with E-state index in [1.165, 1.54) is 6.42 Å². The third-order valence-corrected chi connectivity index (χ3v) is 5.56. The van der Waals surface area contributed by atoms with Crippen LogP contribution in [0, 0.1) is 5.92 Å². The molecule has 1 saturated heterocycles. The predicted octanol–water partition coefficient (Wildman–Crippen LogP) is 4.84. The van der Waals surface area contributed by atoms with Crippen LogP contribution in [-0.4, -0.2) is 28.9 Å². The Morgan fingerprint density at radius 3 is 2.92 bits per heavy atom. The van der Waals surface area contributed by atoms with Crippen molar-refractivity contribution >= 4 is 28.1 Å². The maximum Gasteiger partial charge on any atom is 0.254 e. The Balaban J connectivity index is 1.82. The van der Waals surface area contributed by atoms with E-state index in [2.05, 4.69) is 13.0 Å². The molecule has 0 spiro atoms. The van der Waals surface area contributed by atoms with E-state index in [4.69, 9.17) is 4.98 Å². The molecule has 1 fully saturated rings. The number of rotatable bonds is 2. The third kappa shape index (κ3) is 2.82. The average Bonchev–Trinajstić information content (AvgIpc) is 3.15. The van der Waals surface area contributed by atoms with Crippen LogP contribution in [0.3, 0.4) is 0 Å². The summed E-state index contributed by atoms with van der Waals surface area (Å²) in [5.74, 6) is 0.713. The first-order chi connectivity index (χ1) is 11.7. The maximum atomic E-state index is 13.2. The van der Waals surface area contributed by atoms with Crippen molar-refractivity contribution in [2.45, 2.75) is 19.8 Å². The van der Waals surface area contributed by atoms with E-state index in [0.717, 1.165) is 46.5 Å². The molecule has 24 heavy (non-hydrogen) atoms. The molecule has 0 saturated carbocycles. The number of piperidine rings is 1. The molecule has 3 nitrogen and oxygen atoms in total. The summed E-state index contributed by atoms with van der Waals surface area (Å²) >= 11 is 1.65. The first kappa shape index (κ1) is 15.3. The summed E-state index contributed by atoms with van der Waals surface area (Å²) in [4.78, 5) is 21.1. The van der Waals surface area contributed by atoms with Gasteiger partial charge in [-0.15, -0.1) is 11.3 Å². The molecule has 0 aliphatic carbocycles. The smallest absolute Gasteiger partial charge is 0.254 e. The number of thiophene rings is 1. The zero-order valence-electron chi connectivity index (χ0n) is 13.7. The number of carbonyl (C=O) groups excluding carboxylic acids is 1. The van der Waals surface area contributed by atoms with Crippen molar-refractivity contribution in [1.29, 1.82) is 0 Å². The van der Waals surface area contributed by atoms with Crippen molar-refractivity contribution in [2.75, 3.05) is 13.1 Å². The maximum absolute atomic E-state index is 13.2. The zero-order valence-corrected chi connectivity index (χ0v) is 14.6. The van der Waals surface area contributed by atoms with Gasteiger partial charge in [0.1, 0.15) is 0 Å². The van der Waals surface area contributed by atoms with E-state index in [1.54, 1.807) is 11.3 Å². The highest BCUT2D eigenvalue weighted by Gasteiger charge is 2.24. The highest BCUT2D eigenvalue weighted by Crippen LogP contribution is 2.29. The van der Waals surface area contributed by atoms with E-state index in [-0.39, 0.29) is 5.91 Å². The van der Waals surface area contributed by atoms with E-state index in [0.29, 0.717) is 5.92 Å². The van der Waals surface area contributed by atoms with Crippen LogP contribution < -0.4 is 0 Å². The molecular weight excluding hydrogens is 316 g/mol. The normalized spacial score (nSPS) is 18.0. The molecule has 3 heterocycles. The second-order valence-electron chi connectivity index (χ2n) is 6.55. The summed E-state index contributed by atoms with van der Waals surface area (Å²) in [6.07, 6.45) is 2.30. The van der Waals surface area contributed by atoms with Crippen LogP contribution in [0.4, 0.5) is 0 Å². The molecule has 2 aromatic heterocycles. The lowest BCUT2D eigenvalue weighted by atomic mass is 9.98. The second kappa shape index (κ2) is 6.36. The molecule has 0 bridgehead atoms. The first-order valence-electron chi connectivity index (χ1n) is 8.45. The van der Waals surface area contributed by atoms with Crippen LogP contribution in [0.5, 0.6) is 0 Å². The van der Waals surface area contributed by atoms with Crippen LogP contribution in [0.1, 0.15) is 30.1 Å². The van der Waals surface area contributed by atoms with E-state index < -0.39 is 0 Å². The fourth-order valence-corrected chi connectivity index (χ4v) is 4.13. The van der Waals surface area contributed by atoms with Crippen molar-refractivity contribution in [3.63, 3.8) is 0 Å². The van der Waals surface area contributed by atoms with Gasteiger partial charge in [0, 0.05) is 18.5 Å². The SMILES string of the molecule is CC1CCCN(C(=O)c2cc(-c3cccs3)nc3ccccc23)C1. The minimum Gasteiger partial charge on any atom is -0.338 e. The standard InChI is InChI=1S/C20H20N2OS/c1-14-6-4-10-22(13-14)20(23)16-12-18(19-9-5-11-24-19)21-17-8-3-2-7-15(16)17/h2-3,5,7-9,11-12,14H,4,6,10,13H2,1H3. The summed E-state index contributed by atoms with van der Waals surface area (Å²) in [5.41, 5.74) is 2.55. The summed E-state index contributed by atoms with van der Waals surface area (Å²) in [5, 5.41) is 2.99. The Labute approximate surface area is 146 Å². The lowest BCUT2D eigenvalue weighted by Gasteiger charge is -2.31. The quantitative estimate of drug-likeness (QED) is 0.671. The van der Waals surface area contributed by atoms with Gasteiger partial charge in [-0.3, -0.25) is 4.79 Å². The molecule has 4 rings (SSSR count). The van der Waals surface area contributed by atoms with Crippen LogP contribution in [0.15, 0.2) is 47.8 Å². The average molecular weight is 336 g/mol. The Bertz CT molecular complexity index is 872. The number of pyridine rings is 1. The minimum atomic E-state index is 0.137. The monoisotopic (exact) mass is 336 g/mol. The Morgan fingerprint density at radius 1 is 1.25 bits per heavy atom. The molecule has 4 heteroatoms. The summed E-state index contributed by atoms with van der Waals surface area (Å²) < 4.78 is 0. The number of amides is 1. The summed E-state index contributed by atoms with van der Waals surface area (Å²) in [6.45, 7) is 3.93. The van der Waals surface area contributed by atoms with E-state index >= 15 is 0 Å².